The first-order chi connectivity index (χ1) is 32.4. The minimum atomic E-state index is -0.579. The van der Waals surface area contributed by atoms with Gasteiger partial charge in [0, 0.05) is 27.8 Å². The summed E-state index contributed by atoms with van der Waals surface area (Å²) < 4.78 is 2.52. The van der Waals surface area contributed by atoms with E-state index >= 15 is 0 Å². The highest BCUT2D eigenvalue weighted by molar-refractivity contribution is 6.12. The zero-order valence-electron chi connectivity index (χ0n) is 37.4. The number of aryl methyl sites for hydroxylation is 3. The number of aromatic nitrogens is 1. The van der Waals surface area contributed by atoms with Gasteiger partial charge in [0.05, 0.1) is 22.1 Å². The van der Waals surface area contributed by atoms with E-state index in [0.29, 0.717) is 0 Å². The Morgan fingerprint density at radius 3 is 1.30 bits per heavy atom. The van der Waals surface area contributed by atoms with Gasteiger partial charge in [-0.15, -0.1) is 0 Å². The van der Waals surface area contributed by atoms with E-state index in [2.05, 4.69) is 267 Å². The maximum absolute atomic E-state index is 2.52. The average Bonchev–Trinajstić information content (AvgIpc) is 3.71. The molecule has 12 rings (SSSR count). The number of fused-ring (bicyclic) bond motifs is 5. The largest absolute Gasteiger partial charge is 0.311 e. The second-order valence-corrected chi connectivity index (χ2v) is 18.0. The maximum Gasteiger partial charge on any atom is 0.0742 e. The van der Waals surface area contributed by atoms with E-state index in [1.54, 1.807) is 0 Å². The van der Waals surface area contributed by atoms with Crippen molar-refractivity contribution < 1.29 is 0 Å². The first-order valence-electron chi connectivity index (χ1n) is 23.0. The monoisotopic (exact) mass is 844 g/mol. The van der Waals surface area contributed by atoms with Crippen molar-refractivity contribution in [3.63, 3.8) is 0 Å². The average molecular weight is 845 g/mol. The molecule has 0 radical (unpaired) electrons. The lowest BCUT2D eigenvalue weighted by Crippen LogP contribution is -2.35. The van der Waals surface area contributed by atoms with Gasteiger partial charge < -0.3 is 9.47 Å². The van der Waals surface area contributed by atoms with Crippen LogP contribution in [0, 0.1) is 20.8 Å². The number of hydrogen-bond donors (Lipinski definition) is 0. The number of hydrogen-bond acceptors (Lipinski definition) is 1. The molecule has 2 nitrogen and oxygen atoms in total. The molecule has 1 aliphatic heterocycles. The molecule has 314 valence electrons. The predicted octanol–water partition coefficient (Wildman–Crippen LogP) is 16.9. The molecule has 0 bridgehead atoms. The summed E-state index contributed by atoms with van der Waals surface area (Å²) in [7, 11) is 0. The summed E-state index contributed by atoms with van der Waals surface area (Å²) in [5.41, 5.74) is 22.4. The molecule has 1 aliphatic rings. The fourth-order valence-corrected chi connectivity index (χ4v) is 10.6. The van der Waals surface area contributed by atoms with Crippen molar-refractivity contribution in [2.45, 2.75) is 26.2 Å². The highest BCUT2D eigenvalue weighted by Gasteiger charge is 2.45. The summed E-state index contributed by atoms with van der Waals surface area (Å²) in [6, 6.07) is 87.9. The Labute approximate surface area is 387 Å². The maximum atomic E-state index is 2.52. The van der Waals surface area contributed by atoms with Gasteiger partial charge in [-0.2, -0.15) is 0 Å². The fourth-order valence-electron chi connectivity index (χ4n) is 10.6. The number of nitrogens with zero attached hydrogens (tertiary/aromatic N) is 2. The van der Waals surface area contributed by atoms with Gasteiger partial charge in [0.1, 0.15) is 0 Å². The van der Waals surface area contributed by atoms with Crippen LogP contribution in [0.15, 0.2) is 237 Å². The van der Waals surface area contributed by atoms with Crippen LogP contribution in [0.3, 0.4) is 0 Å². The predicted molar refractivity (Wildman–Crippen MR) is 278 cm³/mol. The van der Waals surface area contributed by atoms with Gasteiger partial charge in [-0.25, -0.2) is 0 Å². The second-order valence-electron chi connectivity index (χ2n) is 18.0. The molecule has 0 unspecified atom stereocenters. The van der Waals surface area contributed by atoms with Gasteiger partial charge in [-0.05, 0) is 131 Å². The third-order valence-corrected chi connectivity index (χ3v) is 13.9. The number of para-hydroxylation sites is 2. The second kappa shape index (κ2) is 15.8. The van der Waals surface area contributed by atoms with Gasteiger partial charge in [0.2, 0.25) is 0 Å². The molecule has 11 aromatic rings. The Kier molecular flexibility index (Phi) is 9.43. The quantitative estimate of drug-likeness (QED) is 0.148. The van der Waals surface area contributed by atoms with Crippen LogP contribution < -0.4 is 4.90 Å². The van der Waals surface area contributed by atoms with Crippen molar-refractivity contribution in [3.05, 3.63) is 276 Å². The SMILES string of the molecule is Cc1ccc(-c2ccc(N(c3ccc(-c4ccccc4)cc3)c3ccc(-c4ccc5c(c4)C(c4ccc(C)cc4)(c4ccc(C)cc4)c4cccc6c7ccccc7n-5c46)cc3)cc2)cc1. The van der Waals surface area contributed by atoms with E-state index < -0.39 is 5.41 Å². The van der Waals surface area contributed by atoms with E-state index in [-0.39, 0.29) is 0 Å². The molecule has 0 saturated carbocycles. The van der Waals surface area contributed by atoms with Crippen LogP contribution in [0.25, 0.3) is 60.9 Å². The third-order valence-electron chi connectivity index (χ3n) is 13.9. The molecule has 0 N–H and O–H groups in total. The van der Waals surface area contributed by atoms with E-state index in [0.717, 1.165) is 17.1 Å². The molecule has 2 heterocycles. The molecular formula is C64H48N2. The number of benzene rings is 10. The topological polar surface area (TPSA) is 8.17 Å². The Morgan fingerprint density at radius 1 is 0.333 bits per heavy atom. The molecule has 0 atom stereocenters. The van der Waals surface area contributed by atoms with Crippen LogP contribution in [-0.2, 0) is 5.41 Å². The molecule has 1 aromatic heterocycles. The van der Waals surface area contributed by atoms with Crippen molar-refractivity contribution in [2.24, 2.45) is 0 Å². The highest BCUT2D eigenvalue weighted by atomic mass is 15.1. The molecule has 0 saturated heterocycles. The van der Waals surface area contributed by atoms with Crippen molar-refractivity contribution in [2.75, 3.05) is 4.90 Å². The molecule has 66 heavy (non-hydrogen) atoms. The molecule has 0 fully saturated rings. The first kappa shape index (κ1) is 39.4. The summed E-state index contributed by atoms with van der Waals surface area (Å²) in [4.78, 5) is 2.36. The smallest absolute Gasteiger partial charge is 0.0742 e. The summed E-state index contributed by atoms with van der Waals surface area (Å²) >= 11 is 0. The van der Waals surface area contributed by atoms with Crippen LogP contribution in [-0.4, -0.2) is 4.57 Å². The van der Waals surface area contributed by atoms with Crippen molar-refractivity contribution in [1.29, 1.82) is 0 Å². The molecule has 2 heteroatoms. The van der Waals surface area contributed by atoms with Gasteiger partial charge in [-0.3, -0.25) is 0 Å². The lowest BCUT2D eigenvalue weighted by Gasteiger charge is -2.42. The van der Waals surface area contributed by atoms with Gasteiger partial charge in [0.25, 0.3) is 0 Å². The highest BCUT2D eigenvalue weighted by Crippen LogP contribution is 2.55. The number of anilines is 3. The molecule has 0 spiro atoms. The van der Waals surface area contributed by atoms with Crippen LogP contribution in [0.4, 0.5) is 17.1 Å². The van der Waals surface area contributed by atoms with E-state index in [9.17, 15) is 0 Å². The Balaban J connectivity index is 1.02. The zero-order valence-corrected chi connectivity index (χ0v) is 37.4. The molecular weight excluding hydrogens is 797 g/mol. The summed E-state index contributed by atoms with van der Waals surface area (Å²) in [5.74, 6) is 0. The Hall–Kier alpha value is -8.20. The Morgan fingerprint density at radius 2 is 0.758 bits per heavy atom. The lowest BCUT2D eigenvalue weighted by molar-refractivity contribution is 0.727. The normalized spacial score (nSPS) is 12.6. The van der Waals surface area contributed by atoms with Crippen LogP contribution in [0.1, 0.15) is 38.9 Å². The van der Waals surface area contributed by atoms with Gasteiger partial charge in [-0.1, -0.05) is 199 Å². The summed E-state index contributed by atoms with van der Waals surface area (Å²) in [6.45, 7) is 6.49. The van der Waals surface area contributed by atoms with Crippen molar-refractivity contribution >= 4 is 38.9 Å². The van der Waals surface area contributed by atoms with E-state index in [4.69, 9.17) is 0 Å². The van der Waals surface area contributed by atoms with Gasteiger partial charge in [0.15, 0.2) is 0 Å². The Bertz CT molecular complexity index is 3500. The number of rotatable bonds is 8. The van der Waals surface area contributed by atoms with Crippen LogP contribution in [0.2, 0.25) is 0 Å². The standard InChI is InChI=1S/C64H48N2/c1-43-16-22-47(23-17-43)49-26-37-55(38-27-49)65(54-35-24-48(25-36-54)46-10-5-4-6-11-46)56-39-28-50(29-40-56)51-30-41-62-60(42-51)64(52-31-18-44(2)19-32-52,53-33-20-45(3)21-34-53)59-14-9-13-58-57-12-7-8-15-61(57)66(62)63(58)59/h4-42H,1-3H3. The van der Waals surface area contributed by atoms with Crippen molar-refractivity contribution in [3.8, 4) is 39.1 Å². The molecule has 0 amide bonds. The van der Waals surface area contributed by atoms with Crippen molar-refractivity contribution in [1.82, 2.24) is 4.57 Å². The first-order valence-corrected chi connectivity index (χ1v) is 23.0. The fraction of sp³-hybridized carbons (Fsp3) is 0.0625. The minimum Gasteiger partial charge on any atom is -0.311 e. The van der Waals surface area contributed by atoms with Crippen LogP contribution in [0.5, 0.6) is 0 Å². The van der Waals surface area contributed by atoms with E-state index in [1.165, 1.54) is 99.8 Å². The summed E-state index contributed by atoms with van der Waals surface area (Å²) in [5, 5.41) is 2.55. The summed E-state index contributed by atoms with van der Waals surface area (Å²) in [6.07, 6.45) is 0. The molecule has 0 aliphatic carbocycles. The minimum absolute atomic E-state index is 0.579. The third kappa shape index (κ3) is 6.40. The lowest BCUT2D eigenvalue weighted by atomic mass is 9.62. The van der Waals surface area contributed by atoms with E-state index in [1.807, 2.05) is 0 Å². The molecule has 10 aromatic carbocycles. The zero-order chi connectivity index (χ0) is 44.4. The van der Waals surface area contributed by atoms with Gasteiger partial charge >= 0.3 is 0 Å². The van der Waals surface area contributed by atoms with Crippen LogP contribution >= 0.6 is 0 Å².